The molecule has 1 fully saturated rings. The Kier molecular flexibility index (Phi) is 3.24. The maximum Gasteiger partial charge on any atom is 0.277 e. The zero-order valence-corrected chi connectivity index (χ0v) is 16.8. The number of rotatable bonds is 1. The molecule has 27 heavy (non-hydrogen) atoms. The quantitative estimate of drug-likeness (QED) is 0.594. The third-order valence-corrected chi connectivity index (χ3v) is 7.07. The van der Waals surface area contributed by atoms with Gasteiger partial charge in [-0.3, -0.25) is 9.78 Å². The van der Waals surface area contributed by atoms with Gasteiger partial charge in [0.1, 0.15) is 5.65 Å². The number of fused-ring (bicyclic) bond motifs is 9. The lowest BCUT2D eigenvalue weighted by Gasteiger charge is -2.26. The minimum absolute atomic E-state index is 0.0180. The molecule has 3 aromatic rings. The lowest BCUT2D eigenvalue weighted by molar-refractivity contribution is 0.383. The molecule has 0 aromatic carbocycles. The SMILES string of the molecule is CC1C2CCC1(C)c1c2n2ccc3c(CC(C)(C)C)nccc3c2nc1=O. The smallest absolute Gasteiger partial charge is 0.277 e. The van der Waals surface area contributed by atoms with E-state index >= 15 is 0 Å². The normalized spacial score (nSPS) is 26.9. The first kappa shape index (κ1) is 16.9. The van der Waals surface area contributed by atoms with Gasteiger partial charge in [0.15, 0.2) is 0 Å². The van der Waals surface area contributed by atoms with Crippen LogP contribution in [0, 0.1) is 11.3 Å². The Morgan fingerprint density at radius 2 is 2.04 bits per heavy atom. The van der Waals surface area contributed by atoms with Crippen molar-refractivity contribution in [1.82, 2.24) is 14.4 Å². The molecule has 2 aliphatic carbocycles. The molecule has 0 spiro atoms. The van der Waals surface area contributed by atoms with Gasteiger partial charge in [0.25, 0.3) is 5.56 Å². The van der Waals surface area contributed by atoms with Crippen LogP contribution in [-0.4, -0.2) is 14.4 Å². The zero-order valence-electron chi connectivity index (χ0n) is 16.8. The van der Waals surface area contributed by atoms with E-state index in [1.165, 1.54) is 12.1 Å². The Hall–Kier alpha value is -2.23. The van der Waals surface area contributed by atoms with Crippen LogP contribution in [0.2, 0.25) is 0 Å². The molecule has 4 nitrogen and oxygen atoms in total. The number of hydrogen-bond donors (Lipinski definition) is 0. The second-order valence-corrected chi connectivity index (χ2v) is 9.99. The molecule has 3 atom stereocenters. The maximum absolute atomic E-state index is 13.1. The highest BCUT2D eigenvalue weighted by atomic mass is 16.1. The molecular weight excluding hydrogens is 334 g/mol. The van der Waals surface area contributed by atoms with E-state index in [9.17, 15) is 4.79 Å². The van der Waals surface area contributed by atoms with Crippen molar-refractivity contribution in [2.45, 2.75) is 65.2 Å². The molecule has 3 heterocycles. The lowest BCUT2D eigenvalue weighted by Crippen LogP contribution is -2.31. The van der Waals surface area contributed by atoms with Crippen LogP contribution in [0.3, 0.4) is 0 Å². The first-order chi connectivity index (χ1) is 12.7. The van der Waals surface area contributed by atoms with Crippen LogP contribution in [0.15, 0.2) is 29.3 Å². The molecular formula is C23H27N3O. The van der Waals surface area contributed by atoms with E-state index in [1.54, 1.807) is 0 Å². The summed E-state index contributed by atoms with van der Waals surface area (Å²) in [6.07, 6.45) is 7.14. The Morgan fingerprint density at radius 3 is 2.78 bits per heavy atom. The summed E-state index contributed by atoms with van der Waals surface area (Å²) in [7, 11) is 0. The topological polar surface area (TPSA) is 47.3 Å². The Morgan fingerprint density at radius 1 is 1.26 bits per heavy atom. The van der Waals surface area contributed by atoms with Crippen molar-refractivity contribution in [2.75, 3.05) is 0 Å². The van der Waals surface area contributed by atoms with E-state index in [4.69, 9.17) is 0 Å². The van der Waals surface area contributed by atoms with E-state index in [0.717, 1.165) is 40.5 Å². The van der Waals surface area contributed by atoms with Crippen LogP contribution in [0.4, 0.5) is 0 Å². The number of pyridine rings is 2. The summed E-state index contributed by atoms with van der Waals surface area (Å²) in [6.45, 7) is 11.2. The molecule has 1 saturated carbocycles. The van der Waals surface area contributed by atoms with Crippen molar-refractivity contribution < 1.29 is 0 Å². The number of hydrogen-bond acceptors (Lipinski definition) is 3. The van der Waals surface area contributed by atoms with Gasteiger partial charge in [0.05, 0.1) is 0 Å². The average Bonchev–Trinajstić information content (AvgIpc) is 3.00. The van der Waals surface area contributed by atoms with Gasteiger partial charge in [0.2, 0.25) is 0 Å². The van der Waals surface area contributed by atoms with E-state index < -0.39 is 0 Å². The first-order valence-electron chi connectivity index (χ1n) is 10.0. The van der Waals surface area contributed by atoms with Gasteiger partial charge in [-0.15, -0.1) is 0 Å². The zero-order chi connectivity index (χ0) is 19.1. The fourth-order valence-electron chi connectivity index (χ4n) is 5.58. The summed E-state index contributed by atoms with van der Waals surface area (Å²) in [5.41, 5.74) is 4.16. The van der Waals surface area contributed by atoms with Crippen LogP contribution in [0.5, 0.6) is 0 Å². The number of aromatic nitrogens is 3. The van der Waals surface area contributed by atoms with Crippen LogP contribution in [0.25, 0.3) is 16.4 Å². The molecule has 0 saturated heterocycles. The lowest BCUT2D eigenvalue weighted by atomic mass is 9.79. The summed E-state index contributed by atoms with van der Waals surface area (Å²) >= 11 is 0. The molecule has 0 N–H and O–H groups in total. The minimum Gasteiger partial charge on any atom is -0.304 e. The van der Waals surface area contributed by atoms with Gasteiger partial charge >= 0.3 is 0 Å². The minimum atomic E-state index is -0.0248. The fourth-order valence-corrected chi connectivity index (χ4v) is 5.58. The second-order valence-electron chi connectivity index (χ2n) is 9.99. The van der Waals surface area contributed by atoms with E-state index in [0.29, 0.717) is 11.8 Å². The van der Waals surface area contributed by atoms with Gasteiger partial charge in [0, 0.05) is 51.5 Å². The van der Waals surface area contributed by atoms with Crippen LogP contribution >= 0.6 is 0 Å². The van der Waals surface area contributed by atoms with Gasteiger partial charge in [-0.2, -0.15) is 4.98 Å². The summed E-state index contributed by atoms with van der Waals surface area (Å²) < 4.78 is 2.20. The fraction of sp³-hybridized carbons (Fsp3) is 0.522. The highest BCUT2D eigenvalue weighted by molar-refractivity contribution is 5.95. The van der Waals surface area contributed by atoms with Gasteiger partial charge in [-0.05, 0) is 42.7 Å². The molecule has 2 bridgehead atoms. The second kappa shape index (κ2) is 5.18. The predicted octanol–water partition coefficient (Wildman–Crippen LogP) is 4.62. The predicted molar refractivity (Wildman–Crippen MR) is 108 cm³/mol. The molecule has 5 rings (SSSR count). The van der Waals surface area contributed by atoms with Gasteiger partial charge in [-0.1, -0.05) is 34.6 Å². The van der Waals surface area contributed by atoms with Gasteiger partial charge in [-0.25, -0.2) is 0 Å². The first-order valence-corrected chi connectivity index (χ1v) is 10.0. The molecule has 0 aliphatic heterocycles. The molecule has 3 aromatic heterocycles. The summed E-state index contributed by atoms with van der Waals surface area (Å²) in [4.78, 5) is 22.3. The van der Waals surface area contributed by atoms with Crippen molar-refractivity contribution in [2.24, 2.45) is 11.3 Å². The third-order valence-electron chi connectivity index (χ3n) is 7.07. The molecule has 3 unspecified atom stereocenters. The summed E-state index contributed by atoms with van der Waals surface area (Å²) in [6, 6.07) is 4.18. The molecule has 0 radical (unpaired) electrons. The largest absolute Gasteiger partial charge is 0.304 e. The van der Waals surface area contributed by atoms with Crippen LogP contribution < -0.4 is 5.56 Å². The average molecular weight is 361 g/mol. The van der Waals surface area contributed by atoms with Crippen molar-refractivity contribution in [1.29, 1.82) is 0 Å². The third kappa shape index (κ3) is 2.19. The van der Waals surface area contributed by atoms with E-state index in [1.807, 2.05) is 12.3 Å². The number of nitrogens with zero attached hydrogens (tertiary/aromatic N) is 3. The Labute approximate surface area is 159 Å². The Bertz CT molecular complexity index is 1150. The standard InChI is InChI=1S/C23H27N3O/c1-13-14-6-9-23(13,5)18-19(14)26-11-8-15-16(20(26)25-21(18)27)7-10-24-17(15)12-22(2,3)4/h7-8,10-11,13-14H,6,9,12H2,1-5H3. The Balaban J connectivity index is 1.84. The van der Waals surface area contributed by atoms with E-state index in [-0.39, 0.29) is 16.4 Å². The van der Waals surface area contributed by atoms with Gasteiger partial charge < -0.3 is 4.40 Å². The van der Waals surface area contributed by atoms with Crippen molar-refractivity contribution in [3.63, 3.8) is 0 Å². The molecule has 0 amide bonds. The monoisotopic (exact) mass is 361 g/mol. The van der Waals surface area contributed by atoms with Crippen LogP contribution in [0.1, 0.15) is 70.3 Å². The highest BCUT2D eigenvalue weighted by Gasteiger charge is 2.54. The molecule has 140 valence electrons. The maximum atomic E-state index is 13.1. The van der Waals surface area contributed by atoms with Crippen molar-refractivity contribution in [3.05, 3.63) is 51.8 Å². The van der Waals surface area contributed by atoms with Crippen LogP contribution in [-0.2, 0) is 11.8 Å². The van der Waals surface area contributed by atoms with Crippen molar-refractivity contribution >= 4 is 16.4 Å². The summed E-state index contributed by atoms with van der Waals surface area (Å²) in [5, 5.41) is 2.15. The molecule has 4 heteroatoms. The van der Waals surface area contributed by atoms with E-state index in [2.05, 4.69) is 61.3 Å². The highest BCUT2D eigenvalue weighted by Crippen LogP contribution is 2.59. The molecule has 2 aliphatic rings. The van der Waals surface area contributed by atoms with Crippen molar-refractivity contribution in [3.8, 4) is 0 Å². The summed E-state index contributed by atoms with van der Waals surface area (Å²) in [5.74, 6) is 0.964.